The van der Waals surface area contributed by atoms with Crippen LogP contribution in [0, 0.1) is 0 Å². The molecule has 0 radical (unpaired) electrons. The minimum atomic E-state index is -4.61. The Morgan fingerprint density at radius 3 is 2.50 bits per heavy atom. The van der Waals surface area contributed by atoms with Gasteiger partial charge in [-0.05, 0) is 29.8 Å². The lowest BCUT2D eigenvalue weighted by Crippen LogP contribution is -2.21. The molecule has 148 valence electrons. The molecule has 0 saturated heterocycles. The molecule has 0 atom stereocenters. The van der Waals surface area contributed by atoms with E-state index in [2.05, 4.69) is 10.3 Å². The standard InChI is InChI=1S/C18H14ClF3N2O4/c1-27-13-5-2-11(3-6-13)4-7-16(26)28-10-15(25)24-17-14(19)8-12(9-23-17)18(20,21)22/h2-9H,10H2,1H3,(H,23,24,25)/b7-4+. The second-order valence-electron chi connectivity index (χ2n) is 5.31. The quantitative estimate of drug-likeness (QED) is 0.572. The number of aromatic nitrogens is 1. The predicted molar refractivity (Wildman–Crippen MR) is 95.9 cm³/mol. The summed E-state index contributed by atoms with van der Waals surface area (Å²) < 4.78 is 47.4. The van der Waals surface area contributed by atoms with Gasteiger partial charge in [-0.25, -0.2) is 9.78 Å². The zero-order valence-electron chi connectivity index (χ0n) is 14.4. The molecule has 0 aliphatic rings. The molecule has 1 amide bonds. The second-order valence-corrected chi connectivity index (χ2v) is 5.72. The van der Waals surface area contributed by atoms with E-state index >= 15 is 0 Å². The van der Waals surface area contributed by atoms with E-state index in [1.165, 1.54) is 13.2 Å². The lowest BCUT2D eigenvalue weighted by Gasteiger charge is -2.10. The average molecular weight is 415 g/mol. The first kappa shape index (κ1) is 21.2. The number of amides is 1. The molecule has 2 aromatic rings. The van der Waals surface area contributed by atoms with Gasteiger partial charge in [-0.15, -0.1) is 0 Å². The summed E-state index contributed by atoms with van der Waals surface area (Å²) in [5, 5.41) is 1.77. The number of carbonyl (C=O) groups is 2. The highest BCUT2D eigenvalue weighted by atomic mass is 35.5. The van der Waals surface area contributed by atoms with Gasteiger partial charge >= 0.3 is 12.1 Å². The first-order valence-electron chi connectivity index (χ1n) is 7.70. The van der Waals surface area contributed by atoms with E-state index in [-0.39, 0.29) is 5.82 Å². The molecule has 1 aromatic carbocycles. The third-order valence-electron chi connectivity index (χ3n) is 3.30. The van der Waals surface area contributed by atoms with Crippen LogP contribution in [-0.4, -0.2) is 30.6 Å². The first-order chi connectivity index (χ1) is 13.2. The number of hydrogen-bond donors (Lipinski definition) is 1. The van der Waals surface area contributed by atoms with Crippen LogP contribution >= 0.6 is 11.6 Å². The monoisotopic (exact) mass is 414 g/mol. The molecule has 0 aliphatic heterocycles. The van der Waals surface area contributed by atoms with Crippen molar-refractivity contribution in [1.29, 1.82) is 0 Å². The van der Waals surface area contributed by atoms with Crippen molar-refractivity contribution in [3.63, 3.8) is 0 Å². The molecule has 28 heavy (non-hydrogen) atoms. The largest absolute Gasteiger partial charge is 0.497 e. The lowest BCUT2D eigenvalue weighted by molar-refractivity contribution is -0.142. The van der Waals surface area contributed by atoms with Crippen LogP contribution in [0.4, 0.5) is 19.0 Å². The van der Waals surface area contributed by atoms with Crippen LogP contribution in [0.1, 0.15) is 11.1 Å². The smallest absolute Gasteiger partial charge is 0.417 e. The van der Waals surface area contributed by atoms with Crippen molar-refractivity contribution in [2.45, 2.75) is 6.18 Å². The minimum Gasteiger partial charge on any atom is -0.497 e. The summed E-state index contributed by atoms with van der Waals surface area (Å²) in [6.45, 7) is -0.662. The highest BCUT2D eigenvalue weighted by molar-refractivity contribution is 6.33. The number of ether oxygens (including phenoxy) is 2. The number of nitrogens with zero attached hydrogens (tertiary/aromatic N) is 1. The van der Waals surface area contributed by atoms with Crippen LogP contribution in [-0.2, 0) is 20.5 Å². The van der Waals surface area contributed by atoms with Crippen molar-refractivity contribution in [1.82, 2.24) is 4.98 Å². The molecule has 1 heterocycles. The van der Waals surface area contributed by atoms with Crippen molar-refractivity contribution in [2.75, 3.05) is 19.0 Å². The molecular formula is C18H14ClF3N2O4. The Hall–Kier alpha value is -3.07. The van der Waals surface area contributed by atoms with Crippen molar-refractivity contribution in [2.24, 2.45) is 0 Å². The zero-order valence-corrected chi connectivity index (χ0v) is 15.2. The van der Waals surface area contributed by atoms with E-state index in [0.717, 1.165) is 6.08 Å². The lowest BCUT2D eigenvalue weighted by atomic mass is 10.2. The van der Waals surface area contributed by atoms with Gasteiger partial charge in [-0.2, -0.15) is 13.2 Å². The highest BCUT2D eigenvalue weighted by Gasteiger charge is 2.31. The minimum absolute atomic E-state index is 0.274. The van der Waals surface area contributed by atoms with Crippen LogP contribution in [0.5, 0.6) is 5.75 Å². The molecule has 1 aromatic heterocycles. The number of methoxy groups -OCH3 is 1. The second kappa shape index (κ2) is 9.23. The fourth-order valence-corrected chi connectivity index (χ4v) is 2.13. The van der Waals surface area contributed by atoms with Gasteiger partial charge < -0.3 is 14.8 Å². The molecule has 0 bridgehead atoms. The van der Waals surface area contributed by atoms with Crippen molar-refractivity contribution in [3.8, 4) is 5.75 Å². The number of hydrogen-bond acceptors (Lipinski definition) is 5. The summed E-state index contributed by atoms with van der Waals surface area (Å²) in [6.07, 6.45) is -1.47. The van der Waals surface area contributed by atoms with Crippen molar-refractivity contribution >= 4 is 35.4 Å². The van der Waals surface area contributed by atoms with Gasteiger partial charge in [0.25, 0.3) is 5.91 Å². The molecule has 0 saturated carbocycles. The number of carbonyl (C=O) groups excluding carboxylic acids is 2. The number of esters is 1. The topological polar surface area (TPSA) is 77.5 Å². The number of pyridine rings is 1. The molecule has 0 aliphatic carbocycles. The molecule has 6 nitrogen and oxygen atoms in total. The molecule has 1 N–H and O–H groups in total. The molecule has 0 spiro atoms. The van der Waals surface area contributed by atoms with E-state index in [9.17, 15) is 22.8 Å². The summed E-state index contributed by atoms with van der Waals surface area (Å²) >= 11 is 5.68. The summed E-state index contributed by atoms with van der Waals surface area (Å²) in [7, 11) is 1.53. The fourth-order valence-electron chi connectivity index (χ4n) is 1.92. The number of halogens is 4. The van der Waals surface area contributed by atoms with E-state index in [1.807, 2.05) is 0 Å². The Morgan fingerprint density at radius 1 is 1.25 bits per heavy atom. The molecule has 0 unspecified atom stereocenters. The number of anilines is 1. The van der Waals surface area contributed by atoms with Crippen LogP contribution in [0.15, 0.2) is 42.6 Å². The van der Waals surface area contributed by atoms with E-state index in [0.29, 0.717) is 23.6 Å². The van der Waals surface area contributed by atoms with Gasteiger partial charge in [0.05, 0.1) is 17.7 Å². The third kappa shape index (κ3) is 6.27. The Bertz CT molecular complexity index is 883. The summed E-state index contributed by atoms with van der Waals surface area (Å²) in [5.74, 6) is -1.20. The van der Waals surface area contributed by atoms with Crippen LogP contribution < -0.4 is 10.1 Å². The van der Waals surface area contributed by atoms with Gasteiger partial charge in [0.15, 0.2) is 12.4 Å². The maximum absolute atomic E-state index is 12.5. The van der Waals surface area contributed by atoms with E-state index in [4.69, 9.17) is 21.1 Å². The summed E-state index contributed by atoms with van der Waals surface area (Å²) in [4.78, 5) is 26.8. The fraction of sp³-hybridized carbons (Fsp3) is 0.167. The third-order valence-corrected chi connectivity index (χ3v) is 3.59. The van der Waals surface area contributed by atoms with Crippen molar-refractivity contribution < 1.29 is 32.2 Å². The molecule has 10 heteroatoms. The zero-order chi connectivity index (χ0) is 20.7. The maximum atomic E-state index is 12.5. The van der Waals surface area contributed by atoms with Crippen LogP contribution in [0.3, 0.4) is 0 Å². The van der Waals surface area contributed by atoms with Gasteiger partial charge in [0, 0.05) is 12.3 Å². The number of nitrogens with one attached hydrogen (secondary N) is 1. The summed E-state index contributed by atoms with van der Waals surface area (Å²) in [5.41, 5.74) is -0.339. The average Bonchev–Trinajstić information content (AvgIpc) is 2.66. The normalized spacial score (nSPS) is 11.3. The SMILES string of the molecule is COc1ccc(/C=C/C(=O)OCC(=O)Nc2ncc(C(F)(F)F)cc2Cl)cc1. The summed E-state index contributed by atoms with van der Waals surface area (Å²) in [6, 6.07) is 7.48. The van der Waals surface area contributed by atoms with Gasteiger partial charge in [-0.1, -0.05) is 23.7 Å². The Labute approximate surface area is 162 Å². The Kier molecular flexibility index (Phi) is 7.00. The van der Waals surface area contributed by atoms with Crippen molar-refractivity contribution in [3.05, 3.63) is 58.8 Å². The van der Waals surface area contributed by atoms with Crippen LogP contribution in [0.2, 0.25) is 5.02 Å². The molecule has 0 fully saturated rings. The van der Waals surface area contributed by atoms with Crippen LogP contribution in [0.25, 0.3) is 6.08 Å². The number of alkyl halides is 3. The molecule has 2 rings (SSSR count). The van der Waals surface area contributed by atoms with Gasteiger partial charge in [-0.3, -0.25) is 4.79 Å². The van der Waals surface area contributed by atoms with E-state index in [1.54, 1.807) is 24.3 Å². The van der Waals surface area contributed by atoms with Gasteiger partial charge in [0.2, 0.25) is 0 Å². The maximum Gasteiger partial charge on any atom is 0.417 e. The van der Waals surface area contributed by atoms with E-state index < -0.39 is 35.2 Å². The molecular weight excluding hydrogens is 401 g/mol. The number of benzene rings is 1. The Morgan fingerprint density at radius 2 is 1.93 bits per heavy atom. The predicted octanol–water partition coefficient (Wildman–Crippen LogP) is 3.96. The first-order valence-corrected chi connectivity index (χ1v) is 8.08. The Balaban J connectivity index is 1.86. The van der Waals surface area contributed by atoms with Gasteiger partial charge in [0.1, 0.15) is 5.75 Å². The number of rotatable bonds is 6. The highest BCUT2D eigenvalue weighted by Crippen LogP contribution is 2.32.